The number of hydrogen-bond acceptors (Lipinski definition) is 3. The van der Waals surface area contributed by atoms with Crippen molar-refractivity contribution >= 4 is 36.5 Å². The summed E-state index contributed by atoms with van der Waals surface area (Å²) in [5.74, 6) is 0.0607. The van der Waals surface area contributed by atoms with Gasteiger partial charge in [0.25, 0.3) is 3.91 Å². The highest BCUT2D eigenvalue weighted by molar-refractivity contribution is 14.1. The van der Waals surface area contributed by atoms with E-state index < -0.39 is 10.0 Å². The number of sulfonamides is 1. The quantitative estimate of drug-likeness (QED) is 0.327. The number of halogens is 1. The largest absolute Gasteiger partial charge is 0.346 e. The third kappa shape index (κ3) is 6.80. The number of carbonyl (C=O) groups is 1. The first-order chi connectivity index (χ1) is 5.48. The van der Waals surface area contributed by atoms with E-state index in [2.05, 4.69) is 10.0 Å². The van der Waals surface area contributed by atoms with Crippen molar-refractivity contribution in [2.75, 3.05) is 18.8 Å². The molecule has 1 amide bonds. The lowest BCUT2D eigenvalue weighted by molar-refractivity contribution is 0.263. The lowest BCUT2D eigenvalue weighted by Crippen LogP contribution is -2.33. The van der Waals surface area contributed by atoms with Gasteiger partial charge in [0.2, 0.25) is 10.0 Å². The maximum atomic E-state index is 10.8. The molecule has 0 aromatic rings. The lowest BCUT2D eigenvalue weighted by atomic mass is 10.7. The molecule has 0 aromatic heterocycles. The average Bonchev–Trinajstić information content (AvgIpc) is 1.98. The van der Waals surface area contributed by atoms with Gasteiger partial charge in [-0.1, -0.05) is 0 Å². The van der Waals surface area contributed by atoms with Crippen molar-refractivity contribution in [2.45, 2.75) is 6.92 Å². The molecule has 0 aliphatic rings. The van der Waals surface area contributed by atoms with Gasteiger partial charge < -0.3 is 5.32 Å². The Bertz CT molecular complexity index is 239. The van der Waals surface area contributed by atoms with Gasteiger partial charge in [0.15, 0.2) is 0 Å². The van der Waals surface area contributed by atoms with E-state index in [-0.39, 0.29) is 16.2 Å². The van der Waals surface area contributed by atoms with Crippen LogP contribution in [0.1, 0.15) is 6.92 Å². The van der Waals surface area contributed by atoms with Crippen molar-refractivity contribution in [3.05, 3.63) is 0 Å². The molecular weight excluding hydrogens is 295 g/mol. The predicted octanol–water partition coefficient (Wildman–Crippen LogP) is 0.0703. The summed E-state index contributed by atoms with van der Waals surface area (Å²) in [7, 11) is -3.12. The minimum Gasteiger partial charge on any atom is -0.346 e. The van der Waals surface area contributed by atoms with Crippen LogP contribution in [0.2, 0.25) is 0 Å². The fourth-order valence-electron chi connectivity index (χ4n) is 0.469. The van der Waals surface area contributed by atoms with Crippen LogP contribution in [0.15, 0.2) is 0 Å². The molecular formula is C5H11IN2O3S. The summed E-state index contributed by atoms with van der Waals surface area (Å²) in [6.45, 7) is 2.12. The molecule has 0 spiro atoms. The number of carbonyl (C=O) groups excluding carboxylic acids is 1. The Kier molecular flexibility index (Phi) is 5.76. The molecule has 0 aromatic carbocycles. The van der Waals surface area contributed by atoms with Crippen molar-refractivity contribution in [1.82, 2.24) is 10.0 Å². The highest BCUT2D eigenvalue weighted by Gasteiger charge is 2.04. The van der Waals surface area contributed by atoms with Crippen molar-refractivity contribution in [3.63, 3.8) is 0 Å². The van der Waals surface area contributed by atoms with Crippen molar-refractivity contribution in [1.29, 1.82) is 0 Å². The summed E-state index contributed by atoms with van der Waals surface area (Å²) in [5, 5.41) is 2.46. The Morgan fingerprint density at radius 3 is 2.42 bits per heavy atom. The molecule has 72 valence electrons. The first-order valence-corrected chi connectivity index (χ1v) is 6.11. The summed E-state index contributed by atoms with van der Waals surface area (Å²) < 4.78 is 23.8. The zero-order valence-electron chi connectivity index (χ0n) is 6.63. The summed E-state index contributed by atoms with van der Waals surface area (Å²) in [4.78, 5) is 10.3. The number of hydrogen-bond donors (Lipinski definition) is 2. The maximum Gasteiger partial charge on any atom is 0.280 e. The van der Waals surface area contributed by atoms with Gasteiger partial charge in [0.05, 0.1) is 5.75 Å². The molecule has 0 saturated heterocycles. The minimum absolute atomic E-state index is 0.0607. The number of amides is 1. The second kappa shape index (κ2) is 5.70. The minimum atomic E-state index is -3.12. The lowest BCUT2D eigenvalue weighted by Gasteiger charge is -2.03. The van der Waals surface area contributed by atoms with Crippen LogP contribution in [0.5, 0.6) is 0 Å². The average molecular weight is 306 g/mol. The molecule has 0 aliphatic carbocycles. The van der Waals surface area contributed by atoms with Crippen LogP contribution >= 0.6 is 22.6 Å². The van der Waals surface area contributed by atoms with Crippen LogP contribution in [0.25, 0.3) is 0 Å². The predicted molar refractivity (Wildman–Crippen MR) is 54.9 cm³/mol. The third-order valence-electron chi connectivity index (χ3n) is 1.09. The second-order valence-electron chi connectivity index (χ2n) is 2.00. The van der Waals surface area contributed by atoms with Gasteiger partial charge in [-0.25, -0.2) is 13.1 Å². The Labute approximate surface area is 85.5 Å². The van der Waals surface area contributed by atoms with Crippen molar-refractivity contribution in [2.24, 2.45) is 0 Å². The zero-order valence-corrected chi connectivity index (χ0v) is 9.61. The highest BCUT2D eigenvalue weighted by Crippen LogP contribution is 1.82. The van der Waals surface area contributed by atoms with E-state index in [9.17, 15) is 13.2 Å². The molecule has 0 rings (SSSR count). The van der Waals surface area contributed by atoms with Crippen molar-refractivity contribution in [3.8, 4) is 0 Å². The molecule has 0 unspecified atom stereocenters. The first-order valence-electron chi connectivity index (χ1n) is 3.38. The van der Waals surface area contributed by atoms with Crippen LogP contribution in [-0.4, -0.2) is 31.2 Å². The number of nitrogens with one attached hydrogen (secondary N) is 2. The van der Waals surface area contributed by atoms with Gasteiger partial charge in [-0.3, -0.25) is 4.79 Å². The van der Waals surface area contributed by atoms with Crippen LogP contribution in [0.3, 0.4) is 0 Å². The summed E-state index contributed by atoms with van der Waals surface area (Å²) >= 11 is 1.59. The summed E-state index contributed by atoms with van der Waals surface area (Å²) in [5.41, 5.74) is 0. The molecule has 0 atom stereocenters. The normalized spacial score (nSPS) is 11.2. The Hall–Kier alpha value is 0.110. The van der Waals surface area contributed by atoms with E-state index in [1.165, 1.54) is 0 Å². The molecule has 5 nitrogen and oxygen atoms in total. The Morgan fingerprint density at radius 2 is 2.00 bits per heavy atom. The van der Waals surface area contributed by atoms with Crippen LogP contribution in [0, 0.1) is 0 Å². The molecule has 0 saturated carbocycles. The van der Waals surface area contributed by atoms with E-state index in [1.807, 2.05) is 0 Å². The topological polar surface area (TPSA) is 75.3 Å². The summed E-state index contributed by atoms with van der Waals surface area (Å²) in [6, 6.07) is 0. The molecule has 2 N–H and O–H groups in total. The van der Waals surface area contributed by atoms with E-state index in [0.717, 1.165) is 0 Å². The highest BCUT2D eigenvalue weighted by atomic mass is 127. The van der Waals surface area contributed by atoms with Gasteiger partial charge in [-0.15, -0.1) is 0 Å². The monoisotopic (exact) mass is 306 g/mol. The summed E-state index contributed by atoms with van der Waals surface area (Å²) in [6.07, 6.45) is 0. The van der Waals surface area contributed by atoms with E-state index >= 15 is 0 Å². The Balaban J connectivity index is 3.51. The van der Waals surface area contributed by atoms with Gasteiger partial charge >= 0.3 is 0 Å². The Morgan fingerprint density at radius 1 is 1.42 bits per heavy atom. The zero-order chi connectivity index (χ0) is 9.61. The third-order valence-corrected chi connectivity index (χ3v) is 2.88. The molecule has 0 heterocycles. The standard InChI is InChI=1S/C5H11IN2O3S/c1-2-12(10,11)8-4-3-7-5(6)9/h8H,2-4H2,1H3,(H,7,9). The number of rotatable bonds is 5. The molecule has 0 fully saturated rings. The van der Waals surface area contributed by atoms with Crippen LogP contribution in [-0.2, 0) is 10.0 Å². The second-order valence-corrected chi connectivity index (χ2v) is 5.07. The SMILES string of the molecule is CCS(=O)(=O)NCCNC(=O)I. The van der Waals surface area contributed by atoms with Gasteiger partial charge in [-0.05, 0) is 6.92 Å². The van der Waals surface area contributed by atoms with E-state index in [4.69, 9.17) is 0 Å². The van der Waals surface area contributed by atoms with Gasteiger partial charge in [0.1, 0.15) is 0 Å². The molecule has 0 bridgehead atoms. The molecule has 12 heavy (non-hydrogen) atoms. The van der Waals surface area contributed by atoms with Gasteiger partial charge in [0, 0.05) is 35.7 Å². The molecule has 7 heteroatoms. The molecule has 0 aliphatic heterocycles. The first kappa shape index (κ1) is 12.1. The van der Waals surface area contributed by atoms with Gasteiger partial charge in [-0.2, -0.15) is 0 Å². The van der Waals surface area contributed by atoms with Crippen LogP contribution in [0.4, 0.5) is 4.79 Å². The van der Waals surface area contributed by atoms with E-state index in [0.29, 0.717) is 6.54 Å². The fraction of sp³-hybridized carbons (Fsp3) is 0.800. The van der Waals surface area contributed by atoms with E-state index in [1.54, 1.807) is 29.5 Å². The van der Waals surface area contributed by atoms with Crippen LogP contribution < -0.4 is 10.0 Å². The van der Waals surface area contributed by atoms with Crippen molar-refractivity contribution < 1.29 is 13.2 Å². The molecule has 0 radical (unpaired) electrons. The maximum absolute atomic E-state index is 10.8. The fourth-order valence-corrected chi connectivity index (χ4v) is 1.36. The smallest absolute Gasteiger partial charge is 0.280 e.